The second-order valence-corrected chi connectivity index (χ2v) is 6.36. The Morgan fingerprint density at radius 3 is 2.22 bits per heavy atom. The lowest BCUT2D eigenvalue weighted by Gasteiger charge is -2.31. The Morgan fingerprint density at radius 2 is 1.56 bits per heavy atom. The molecular formula is C15H29N3. The molecule has 18 heavy (non-hydrogen) atoms. The smallest absolute Gasteiger partial charge is 0.189 e. The first-order chi connectivity index (χ1) is 8.66. The van der Waals surface area contributed by atoms with E-state index in [0.717, 1.165) is 5.92 Å². The molecule has 2 aliphatic rings. The van der Waals surface area contributed by atoms with Gasteiger partial charge in [0.25, 0.3) is 0 Å². The number of nitrogens with two attached hydrogens (primary N) is 1. The van der Waals surface area contributed by atoms with Gasteiger partial charge in [0.1, 0.15) is 0 Å². The van der Waals surface area contributed by atoms with Gasteiger partial charge in [0, 0.05) is 6.04 Å². The highest BCUT2D eigenvalue weighted by molar-refractivity contribution is 5.78. The van der Waals surface area contributed by atoms with Crippen LogP contribution < -0.4 is 11.1 Å². The van der Waals surface area contributed by atoms with E-state index in [0.29, 0.717) is 24.0 Å². The van der Waals surface area contributed by atoms with E-state index in [4.69, 9.17) is 10.7 Å². The lowest BCUT2D eigenvalue weighted by atomic mass is 9.86. The van der Waals surface area contributed by atoms with Gasteiger partial charge in [-0.3, -0.25) is 0 Å². The first-order valence-electron chi connectivity index (χ1n) is 7.76. The third-order valence-corrected chi connectivity index (χ3v) is 4.82. The van der Waals surface area contributed by atoms with Crippen LogP contribution in [0.15, 0.2) is 4.99 Å². The van der Waals surface area contributed by atoms with Gasteiger partial charge < -0.3 is 11.1 Å². The van der Waals surface area contributed by atoms with Crippen molar-refractivity contribution in [3.8, 4) is 0 Å². The van der Waals surface area contributed by atoms with Gasteiger partial charge in [-0.1, -0.05) is 39.5 Å². The zero-order valence-electron chi connectivity index (χ0n) is 12.0. The lowest BCUT2D eigenvalue weighted by molar-refractivity contribution is 0.304. The molecule has 0 saturated heterocycles. The van der Waals surface area contributed by atoms with Gasteiger partial charge in [0.05, 0.1) is 6.04 Å². The van der Waals surface area contributed by atoms with Crippen LogP contribution in [-0.2, 0) is 0 Å². The lowest BCUT2D eigenvalue weighted by Crippen LogP contribution is -2.45. The average molecular weight is 251 g/mol. The molecule has 0 heterocycles. The van der Waals surface area contributed by atoms with E-state index in [1.807, 2.05) is 0 Å². The largest absolute Gasteiger partial charge is 0.370 e. The first kappa shape index (κ1) is 13.7. The number of nitrogens with one attached hydrogen (secondary N) is 1. The van der Waals surface area contributed by atoms with Crippen molar-refractivity contribution in [2.24, 2.45) is 22.6 Å². The van der Waals surface area contributed by atoms with Crippen LogP contribution in [0.1, 0.15) is 65.2 Å². The van der Waals surface area contributed by atoms with Crippen molar-refractivity contribution < 1.29 is 0 Å². The average Bonchev–Trinajstić information content (AvgIpc) is 2.35. The van der Waals surface area contributed by atoms with Gasteiger partial charge in [0.2, 0.25) is 0 Å². The molecule has 104 valence electrons. The molecule has 2 aliphatic carbocycles. The molecule has 3 N–H and O–H groups in total. The van der Waals surface area contributed by atoms with Crippen molar-refractivity contribution in [3.63, 3.8) is 0 Å². The van der Waals surface area contributed by atoms with Crippen LogP contribution in [0.25, 0.3) is 0 Å². The molecule has 0 amide bonds. The molecule has 4 unspecified atom stereocenters. The fraction of sp³-hybridized carbons (Fsp3) is 0.933. The normalized spacial score (nSPS) is 38.4. The van der Waals surface area contributed by atoms with Gasteiger partial charge in [-0.05, 0) is 37.5 Å². The Balaban J connectivity index is 1.87. The Kier molecular flexibility index (Phi) is 4.90. The second kappa shape index (κ2) is 6.44. The Bertz CT molecular complexity index is 287. The van der Waals surface area contributed by atoms with Gasteiger partial charge in [-0.15, -0.1) is 0 Å². The number of nitrogens with zero attached hydrogens (tertiary/aromatic N) is 1. The molecule has 2 fully saturated rings. The summed E-state index contributed by atoms with van der Waals surface area (Å²) in [5.41, 5.74) is 6.10. The van der Waals surface area contributed by atoms with Gasteiger partial charge in [-0.25, -0.2) is 4.99 Å². The van der Waals surface area contributed by atoms with E-state index in [2.05, 4.69) is 19.2 Å². The summed E-state index contributed by atoms with van der Waals surface area (Å²) in [6, 6.07) is 0.992. The molecule has 0 aliphatic heterocycles. The number of hydrogen-bond acceptors (Lipinski definition) is 1. The molecule has 3 nitrogen and oxygen atoms in total. The minimum Gasteiger partial charge on any atom is -0.370 e. The number of guanidine groups is 1. The molecule has 2 rings (SSSR count). The quantitative estimate of drug-likeness (QED) is 0.585. The highest BCUT2D eigenvalue weighted by atomic mass is 15.1. The summed E-state index contributed by atoms with van der Waals surface area (Å²) in [4.78, 5) is 4.73. The molecule has 0 bridgehead atoms. The number of hydrogen-bond donors (Lipinski definition) is 2. The first-order valence-corrected chi connectivity index (χ1v) is 7.76. The Hall–Kier alpha value is -0.730. The standard InChI is InChI=1S/C15H29N3/c1-11-7-3-5-9-13(11)17-15(16)18-14-10-6-4-8-12(14)2/h11-14H,3-10H2,1-2H3,(H3,16,17,18). The Morgan fingerprint density at radius 1 is 0.944 bits per heavy atom. The summed E-state index contributed by atoms with van der Waals surface area (Å²) in [6.07, 6.45) is 10.5. The molecule has 0 radical (unpaired) electrons. The van der Waals surface area contributed by atoms with Crippen LogP contribution >= 0.6 is 0 Å². The molecule has 3 heteroatoms. The van der Waals surface area contributed by atoms with E-state index in [9.17, 15) is 0 Å². The maximum Gasteiger partial charge on any atom is 0.189 e. The van der Waals surface area contributed by atoms with Crippen molar-refractivity contribution in [1.29, 1.82) is 0 Å². The van der Waals surface area contributed by atoms with E-state index < -0.39 is 0 Å². The van der Waals surface area contributed by atoms with Crippen molar-refractivity contribution in [2.75, 3.05) is 0 Å². The highest BCUT2D eigenvalue weighted by Gasteiger charge is 2.23. The molecule has 0 aromatic rings. The van der Waals surface area contributed by atoms with E-state index in [1.54, 1.807) is 0 Å². The zero-order valence-corrected chi connectivity index (χ0v) is 12.0. The van der Waals surface area contributed by atoms with Crippen molar-refractivity contribution >= 4 is 5.96 Å². The molecular weight excluding hydrogens is 222 g/mol. The van der Waals surface area contributed by atoms with Crippen molar-refractivity contribution in [2.45, 2.75) is 77.3 Å². The van der Waals surface area contributed by atoms with Gasteiger partial charge in [0.15, 0.2) is 5.96 Å². The van der Waals surface area contributed by atoms with Crippen LogP contribution in [0.3, 0.4) is 0 Å². The van der Waals surface area contributed by atoms with Crippen LogP contribution in [-0.4, -0.2) is 18.0 Å². The van der Waals surface area contributed by atoms with Crippen LogP contribution in [0.2, 0.25) is 0 Å². The molecule has 0 spiro atoms. The predicted molar refractivity (Wildman–Crippen MR) is 77.6 cm³/mol. The number of rotatable bonds is 2. The Labute approximate surface area is 112 Å². The number of aliphatic imine (C=N–C) groups is 1. The summed E-state index contributed by atoms with van der Waals surface area (Å²) in [6.45, 7) is 4.64. The maximum absolute atomic E-state index is 6.10. The summed E-state index contributed by atoms with van der Waals surface area (Å²) >= 11 is 0. The summed E-state index contributed by atoms with van der Waals surface area (Å²) in [7, 11) is 0. The summed E-state index contributed by atoms with van der Waals surface area (Å²) in [5, 5.41) is 3.46. The fourth-order valence-electron chi connectivity index (χ4n) is 3.43. The maximum atomic E-state index is 6.10. The second-order valence-electron chi connectivity index (χ2n) is 6.36. The topological polar surface area (TPSA) is 50.4 Å². The summed E-state index contributed by atoms with van der Waals surface area (Å²) in [5.74, 6) is 2.12. The molecule has 2 saturated carbocycles. The highest BCUT2D eigenvalue weighted by Crippen LogP contribution is 2.27. The third kappa shape index (κ3) is 3.63. The van der Waals surface area contributed by atoms with Crippen LogP contribution in [0.4, 0.5) is 0 Å². The van der Waals surface area contributed by atoms with E-state index in [1.165, 1.54) is 51.4 Å². The van der Waals surface area contributed by atoms with Gasteiger partial charge in [-0.2, -0.15) is 0 Å². The molecule has 0 aromatic heterocycles. The minimum atomic E-state index is 0.449. The monoisotopic (exact) mass is 251 g/mol. The van der Waals surface area contributed by atoms with Crippen molar-refractivity contribution in [3.05, 3.63) is 0 Å². The zero-order chi connectivity index (χ0) is 13.0. The van der Waals surface area contributed by atoms with E-state index >= 15 is 0 Å². The van der Waals surface area contributed by atoms with Gasteiger partial charge >= 0.3 is 0 Å². The predicted octanol–water partition coefficient (Wildman–Crippen LogP) is 3.05. The molecule has 0 aromatic carbocycles. The fourth-order valence-corrected chi connectivity index (χ4v) is 3.43. The van der Waals surface area contributed by atoms with E-state index in [-0.39, 0.29) is 0 Å². The third-order valence-electron chi connectivity index (χ3n) is 4.82. The minimum absolute atomic E-state index is 0.449. The van der Waals surface area contributed by atoms with Crippen molar-refractivity contribution in [1.82, 2.24) is 5.32 Å². The van der Waals surface area contributed by atoms with Crippen LogP contribution in [0.5, 0.6) is 0 Å². The summed E-state index contributed by atoms with van der Waals surface area (Å²) < 4.78 is 0. The SMILES string of the molecule is CC1CCCCC1N=C(N)NC1CCCCC1C. The molecule has 4 atom stereocenters. The van der Waals surface area contributed by atoms with Crippen LogP contribution in [0, 0.1) is 11.8 Å².